The molecule has 2 N–H and O–H groups in total. The van der Waals surface area contributed by atoms with Crippen molar-refractivity contribution in [2.24, 2.45) is 0 Å². The molecule has 0 aliphatic carbocycles. The molecule has 4 rings (SSSR count). The SMILES string of the molecule is O=C(NCCc1ccc(F)cc1)c1ccc(CNC(=O)N2CCN(CCCc3ccccc3)CC2)o1. The fraction of sp³-hybridized carbons (Fsp3) is 0.357. The standard InChI is InChI=1S/C28H33FN4O3/c29-24-10-8-23(9-11-24)14-15-30-27(34)26-13-12-25(36-26)21-31-28(35)33-19-17-32(18-20-33)16-4-7-22-5-2-1-3-6-22/h1-3,5-6,8-13H,4,7,14-21H2,(H,30,34)(H,31,35). The molecule has 3 amide bonds. The average molecular weight is 493 g/mol. The van der Waals surface area contributed by atoms with Crippen LogP contribution in [0.3, 0.4) is 0 Å². The molecule has 0 bridgehead atoms. The minimum atomic E-state index is -0.321. The lowest BCUT2D eigenvalue weighted by Crippen LogP contribution is -2.51. The normalized spacial score (nSPS) is 14.0. The van der Waals surface area contributed by atoms with Gasteiger partial charge >= 0.3 is 6.03 Å². The molecule has 1 aliphatic heterocycles. The summed E-state index contributed by atoms with van der Waals surface area (Å²) in [5, 5.41) is 5.68. The third kappa shape index (κ3) is 7.68. The van der Waals surface area contributed by atoms with Crippen LogP contribution in [-0.4, -0.2) is 61.0 Å². The summed E-state index contributed by atoms with van der Waals surface area (Å²) in [6.07, 6.45) is 2.77. The quantitative estimate of drug-likeness (QED) is 0.451. The van der Waals surface area contributed by atoms with Gasteiger partial charge in [0.15, 0.2) is 5.76 Å². The van der Waals surface area contributed by atoms with Crippen LogP contribution >= 0.6 is 0 Å². The fourth-order valence-electron chi connectivity index (χ4n) is 4.25. The highest BCUT2D eigenvalue weighted by molar-refractivity contribution is 5.91. The van der Waals surface area contributed by atoms with Crippen LogP contribution in [-0.2, 0) is 19.4 Å². The lowest BCUT2D eigenvalue weighted by molar-refractivity contribution is 0.0924. The van der Waals surface area contributed by atoms with E-state index in [2.05, 4.69) is 39.8 Å². The Morgan fingerprint density at radius 2 is 1.56 bits per heavy atom. The van der Waals surface area contributed by atoms with Crippen LogP contribution in [0.5, 0.6) is 0 Å². The number of benzene rings is 2. The summed E-state index contributed by atoms with van der Waals surface area (Å²) in [6.45, 7) is 4.78. The van der Waals surface area contributed by atoms with Crippen molar-refractivity contribution in [3.05, 3.63) is 95.2 Å². The zero-order valence-corrected chi connectivity index (χ0v) is 20.4. The maximum atomic E-state index is 13.0. The van der Waals surface area contributed by atoms with Gasteiger partial charge in [0.2, 0.25) is 0 Å². The Morgan fingerprint density at radius 3 is 2.31 bits per heavy atom. The van der Waals surface area contributed by atoms with Crippen molar-refractivity contribution >= 4 is 11.9 Å². The van der Waals surface area contributed by atoms with E-state index in [4.69, 9.17) is 4.42 Å². The number of hydrogen-bond acceptors (Lipinski definition) is 4. The van der Waals surface area contributed by atoms with Crippen LogP contribution < -0.4 is 10.6 Å². The Morgan fingerprint density at radius 1 is 0.833 bits per heavy atom. The van der Waals surface area contributed by atoms with Crippen molar-refractivity contribution in [3.63, 3.8) is 0 Å². The molecule has 0 atom stereocenters. The summed E-state index contributed by atoms with van der Waals surface area (Å²) in [5.74, 6) is 0.113. The van der Waals surface area contributed by atoms with E-state index >= 15 is 0 Å². The molecule has 1 saturated heterocycles. The first-order valence-electron chi connectivity index (χ1n) is 12.5. The van der Waals surface area contributed by atoms with Gasteiger partial charge < -0.3 is 20.0 Å². The molecule has 3 aromatic rings. The fourth-order valence-corrected chi connectivity index (χ4v) is 4.25. The molecule has 0 unspecified atom stereocenters. The minimum Gasteiger partial charge on any atom is -0.454 e. The van der Waals surface area contributed by atoms with Crippen LogP contribution in [0.4, 0.5) is 9.18 Å². The zero-order chi connectivity index (χ0) is 25.2. The van der Waals surface area contributed by atoms with E-state index in [1.54, 1.807) is 24.3 Å². The molecule has 0 saturated carbocycles. The number of urea groups is 1. The Kier molecular flexibility index (Phi) is 9.10. The van der Waals surface area contributed by atoms with Crippen molar-refractivity contribution < 1.29 is 18.4 Å². The highest BCUT2D eigenvalue weighted by Crippen LogP contribution is 2.10. The van der Waals surface area contributed by atoms with E-state index in [0.29, 0.717) is 31.8 Å². The summed E-state index contributed by atoms with van der Waals surface area (Å²) in [7, 11) is 0. The van der Waals surface area contributed by atoms with Crippen LogP contribution in [0, 0.1) is 5.82 Å². The Hall–Kier alpha value is -3.65. The van der Waals surface area contributed by atoms with Crippen molar-refractivity contribution in [1.29, 1.82) is 0 Å². The monoisotopic (exact) mass is 492 g/mol. The summed E-state index contributed by atoms with van der Waals surface area (Å²) in [6, 6.07) is 19.9. The van der Waals surface area contributed by atoms with Gasteiger partial charge in [-0.3, -0.25) is 9.69 Å². The molecule has 0 spiro atoms. The number of hydrogen-bond donors (Lipinski definition) is 2. The van der Waals surface area contributed by atoms with Gasteiger partial charge in [0.05, 0.1) is 6.54 Å². The minimum absolute atomic E-state index is 0.124. The van der Waals surface area contributed by atoms with Gasteiger partial charge in [-0.1, -0.05) is 42.5 Å². The van der Waals surface area contributed by atoms with Gasteiger partial charge in [0, 0.05) is 32.7 Å². The second kappa shape index (κ2) is 12.9. The Bertz CT molecular complexity index is 1110. The lowest BCUT2D eigenvalue weighted by Gasteiger charge is -2.34. The average Bonchev–Trinajstić information content (AvgIpc) is 3.39. The van der Waals surface area contributed by atoms with Crippen LogP contribution in [0.15, 0.2) is 71.1 Å². The Labute approximate surface area is 211 Å². The van der Waals surface area contributed by atoms with Gasteiger partial charge in [-0.2, -0.15) is 0 Å². The van der Waals surface area contributed by atoms with Gasteiger partial charge in [-0.05, 0) is 61.2 Å². The molecule has 190 valence electrons. The van der Waals surface area contributed by atoms with Crippen molar-refractivity contribution in [1.82, 2.24) is 20.4 Å². The number of aryl methyl sites for hydroxylation is 1. The van der Waals surface area contributed by atoms with E-state index < -0.39 is 0 Å². The summed E-state index contributed by atoms with van der Waals surface area (Å²) in [4.78, 5) is 29.1. The molecule has 8 heteroatoms. The van der Waals surface area contributed by atoms with Crippen LogP contribution in [0.2, 0.25) is 0 Å². The topological polar surface area (TPSA) is 77.8 Å². The predicted octanol–water partition coefficient (Wildman–Crippen LogP) is 3.85. The van der Waals surface area contributed by atoms with Gasteiger partial charge in [0.25, 0.3) is 5.91 Å². The maximum absolute atomic E-state index is 13.0. The highest BCUT2D eigenvalue weighted by atomic mass is 19.1. The predicted molar refractivity (Wildman–Crippen MR) is 136 cm³/mol. The molecule has 1 fully saturated rings. The molecule has 1 aromatic heterocycles. The smallest absolute Gasteiger partial charge is 0.317 e. The van der Waals surface area contributed by atoms with E-state index in [1.807, 2.05) is 11.0 Å². The number of furan rings is 1. The maximum Gasteiger partial charge on any atom is 0.317 e. The lowest BCUT2D eigenvalue weighted by atomic mass is 10.1. The number of rotatable bonds is 10. The van der Waals surface area contributed by atoms with Crippen molar-refractivity contribution in [2.45, 2.75) is 25.8 Å². The number of halogens is 1. The third-order valence-corrected chi connectivity index (χ3v) is 6.35. The van der Waals surface area contributed by atoms with Crippen LogP contribution in [0.25, 0.3) is 0 Å². The number of nitrogens with one attached hydrogen (secondary N) is 2. The number of piperazine rings is 1. The number of nitrogens with zero attached hydrogens (tertiary/aromatic N) is 2. The highest BCUT2D eigenvalue weighted by Gasteiger charge is 2.21. The van der Waals surface area contributed by atoms with Crippen LogP contribution in [0.1, 0.15) is 33.9 Å². The first-order chi connectivity index (χ1) is 17.6. The van der Waals surface area contributed by atoms with E-state index in [0.717, 1.165) is 38.0 Å². The Balaban J connectivity index is 1.11. The first-order valence-corrected chi connectivity index (χ1v) is 12.5. The van der Waals surface area contributed by atoms with Crippen molar-refractivity contribution in [2.75, 3.05) is 39.3 Å². The summed E-state index contributed by atoms with van der Waals surface area (Å²) >= 11 is 0. The summed E-state index contributed by atoms with van der Waals surface area (Å²) in [5.41, 5.74) is 2.30. The largest absolute Gasteiger partial charge is 0.454 e. The third-order valence-electron chi connectivity index (χ3n) is 6.35. The molecular weight excluding hydrogens is 459 g/mol. The van der Waals surface area contributed by atoms with Gasteiger partial charge in [-0.15, -0.1) is 0 Å². The number of carbonyl (C=O) groups excluding carboxylic acids is 2. The number of carbonyl (C=O) groups is 2. The molecule has 2 aromatic carbocycles. The summed E-state index contributed by atoms with van der Waals surface area (Å²) < 4.78 is 18.6. The second-order valence-corrected chi connectivity index (χ2v) is 8.97. The zero-order valence-electron chi connectivity index (χ0n) is 20.4. The first kappa shape index (κ1) is 25.4. The van der Waals surface area contributed by atoms with Gasteiger partial charge in [-0.25, -0.2) is 9.18 Å². The molecule has 7 nitrogen and oxygen atoms in total. The van der Waals surface area contributed by atoms with E-state index in [-0.39, 0.29) is 30.1 Å². The van der Waals surface area contributed by atoms with E-state index in [1.165, 1.54) is 17.7 Å². The van der Waals surface area contributed by atoms with Gasteiger partial charge in [0.1, 0.15) is 11.6 Å². The molecule has 0 radical (unpaired) electrons. The molecule has 36 heavy (non-hydrogen) atoms. The number of amides is 3. The molecular formula is C28H33FN4O3. The molecule has 2 heterocycles. The second-order valence-electron chi connectivity index (χ2n) is 8.97. The van der Waals surface area contributed by atoms with E-state index in [9.17, 15) is 14.0 Å². The molecule has 1 aliphatic rings. The van der Waals surface area contributed by atoms with Crippen molar-refractivity contribution in [3.8, 4) is 0 Å².